The summed E-state index contributed by atoms with van der Waals surface area (Å²) in [5.74, 6) is 0.952. The molecule has 0 bridgehead atoms. The van der Waals surface area contributed by atoms with Crippen molar-refractivity contribution in [3.05, 3.63) is 52.1 Å². The predicted molar refractivity (Wildman–Crippen MR) is 88.5 cm³/mol. The molecule has 3 nitrogen and oxygen atoms in total. The fourth-order valence-corrected chi connectivity index (χ4v) is 2.62. The highest BCUT2D eigenvalue weighted by Crippen LogP contribution is 2.33. The van der Waals surface area contributed by atoms with Gasteiger partial charge in [0.1, 0.15) is 5.82 Å². The van der Waals surface area contributed by atoms with Crippen molar-refractivity contribution < 1.29 is 0 Å². The molecule has 1 heterocycles. The van der Waals surface area contributed by atoms with Gasteiger partial charge in [-0.15, -0.1) is 0 Å². The first-order valence-electron chi connectivity index (χ1n) is 6.79. The number of rotatable bonds is 5. The van der Waals surface area contributed by atoms with Crippen LogP contribution in [0.3, 0.4) is 0 Å². The SMILES string of the molecule is Cc1ccccc1N(CCCN)c1nccc(C)c1Br. The number of aromatic nitrogens is 1. The molecule has 0 spiro atoms. The second-order valence-electron chi connectivity index (χ2n) is 4.85. The summed E-state index contributed by atoms with van der Waals surface area (Å²) in [4.78, 5) is 6.78. The van der Waals surface area contributed by atoms with Gasteiger partial charge < -0.3 is 10.6 Å². The minimum absolute atomic E-state index is 0.672. The molecule has 0 atom stereocenters. The molecule has 0 saturated carbocycles. The van der Waals surface area contributed by atoms with Crippen molar-refractivity contribution in [3.63, 3.8) is 0 Å². The van der Waals surface area contributed by atoms with Gasteiger partial charge in [-0.1, -0.05) is 18.2 Å². The summed E-state index contributed by atoms with van der Waals surface area (Å²) in [6, 6.07) is 10.4. The molecular formula is C16H20BrN3. The lowest BCUT2D eigenvalue weighted by Gasteiger charge is -2.26. The number of nitrogens with zero attached hydrogens (tertiary/aromatic N) is 2. The fraction of sp³-hybridized carbons (Fsp3) is 0.312. The monoisotopic (exact) mass is 333 g/mol. The number of para-hydroxylation sites is 1. The van der Waals surface area contributed by atoms with Gasteiger partial charge >= 0.3 is 0 Å². The van der Waals surface area contributed by atoms with Crippen LogP contribution >= 0.6 is 15.9 Å². The lowest BCUT2D eigenvalue weighted by molar-refractivity contribution is 0.806. The van der Waals surface area contributed by atoms with Crippen LogP contribution in [-0.4, -0.2) is 18.1 Å². The fourth-order valence-electron chi connectivity index (χ4n) is 2.17. The highest BCUT2D eigenvalue weighted by atomic mass is 79.9. The minimum atomic E-state index is 0.672. The molecule has 2 aromatic rings. The third-order valence-electron chi connectivity index (χ3n) is 3.31. The molecule has 4 heteroatoms. The van der Waals surface area contributed by atoms with Crippen molar-refractivity contribution in [2.45, 2.75) is 20.3 Å². The number of benzene rings is 1. The number of anilines is 2. The first-order chi connectivity index (χ1) is 9.65. The second-order valence-corrected chi connectivity index (χ2v) is 5.64. The average molecular weight is 334 g/mol. The zero-order valence-electron chi connectivity index (χ0n) is 11.9. The lowest BCUT2D eigenvalue weighted by atomic mass is 10.1. The normalized spacial score (nSPS) is 10.6. The molecule has 0 aliphatic rings. The molecule has 0 fully saturated rings. The van der Waals surface area contributed by atoms with E-state index in [0.717, 1.165) is 23.3 Å². The van der Waals surface area contributed by atoms with Crippen LogP contribution in [0.2, 0.25) is 0 Å². The number of nitrogens with two attached hydrogens (primary N) is 1. The average Bonchev–Trinajstić information content (AvgIpc) is 2.45. The van der Waals surface area contributed by atoms with Gasteiger partial charge in [0.15, 0.2) is 0 Å². The molecule has 106 valence electrons. The van der Waals surface area contributed by atoms with Gasteiger partial charge in [0.2, 0.25) is 0 Å². The maximum Gasteiger partial charge on any atom is 0.147 e. The zero-order valence-corrected chi connectivity index (χ0v) is 13.5. The van der Waals surface area contributed by atoms with Crippen molar-refractivity contribution in [1.82, 2.24) is 4.98 Å². The maximum atomic E-state index is 5.68. The van der Waals surface area contributed by atoms with E-state index in [9.17, 15) is 0 Å². The number of hydrogen-bond donors (Lipinski definition) is 1. The highest BCUT2D eigenvalue weighted by Gasteiger charge is 2.16. The molecule has 1 aromatic heterocycles. The summed E-state index contributed by atoms with van der Waals surface area (Å²) in [7, 11) is 0. The zero-order chi connectivity index (χ0) is 14.5. The van der Waals surface area contributed by atoms with Gasteiger partial charge in [-0.05, 0) is 66.0 Å². The van der Waals surface area contributed by atoms with Crippen molar-refractivity contribution in [2.24, 2.45) is 5.73 Å². The van der Waals surface area contributed by atoms with E-state index < -0.39 is 0 Å². The largest absolute Gasteiger partial charge is 0.330 e. The first-order valence-corrected chi connectivity index (χ1v) is 7.58. The van der Waals surface area contributed by atoms with Crippen molar-refractivity contribution in [2.75, 3.05) is 18.0 Å². The van der Waals surface area contributed by atoms with Crippen LogP contribution < -0.4 is 10.6 Å². The van der Waals surface area contributed by atoms with Crippen LogP contribution in [0.5, 0.6) is 0 Å². The van der Waals surface area contributed by atoms with Gasteiger partial charge in [0.25, 0.3) is 0 Å². The molecule has 0 saturated heterocycles. The third-order valence-corrected chi connectivity index (χ3v) is 4.29. The molecule has 20 heavy (non-hydrogen) atoms. The highest BCUT2D eigenvalue weighted by molar-refractivity contribution is 9.10. The lowest BCUT2D eigenvalue weighted by Crippen LogP contribution is -2.23. The molecule has 2 rings (SSSR count). The molecule has 1 aromatic carbocycles. The van der Waals surface area contributed by atoms with Crippen LogP contribution in [0.15, 0.2) is 41.0 Å². The van der Waals surface area contributed by atoms with Crippen LogP contribution in [0.1, 0.15) is 17.5 Å². The van der Waals surface area contributed by atoms with Gasteiger partial charge in [0, 0.05) is 18.4 Å². The van der Waals surface area contributed by atoms with Crippen LogP contribution in [0.4, 0.5) is 11.5 Å². The summed E-state index contributed by atoms with van der Waals surface area (Å²) in [6.45, 7) is 5.73. The number of hydrogen-bond acceptors (Lipinski definition) is 3. The number of aryl methyl sites for hydroxylation is 2. The molecule has 2 N–H and O–H groups in total. The Labute approximate surface area is 129 Å². The van der Waals surface area contributed by atoms with Crippen molar-refractivity contribution in [1.29, 1.82) is 0 Å². The Hall–Kier alpha value is -1.39. The predicted octanol–water partition coefficient (Wildman–Crippen LogP) is 3.95. The topological polar surface area (TPSA) is 42.1 Å². The number of pyridine rings is 1. The van der Waals surface area contributed by atoms with E-state index in [1.54, 1.807) is 0 Å². The minimum Gasteiger partial charge on any atom is -0.330 e. The summed E-state index contributed by atoms with van der Waals surface area (Å²) in [5.41, 5.74) is 9.28. The van der Waals surface area contributed by atoms with E-state index in [0.29, 0.717) is 6.54 Å². The van der Waals surface area contributed by atoms with Gasteiger partial charge in [-0.2, -0.15) is 0 Å². The summed E-state index contributed by atoms with van der Waals surface area (Å²) in [6.07, 6.45) is 2.78. The molecule has 0 unspecified atom stereocenters. The van der Waals surface area contributed by atoms with E-state index in [2.05, 4.69) is 63.9 Å². The molecule has 0 radical (unpaired) electrons. The van der Waals surface area contributed by atoms with Gasteiger partial charge in [0.05, 0.1) is 4.47 Å². The Bertz CT molecular complexity index is 584. The van der Waals surface area contributed by atoms with Gasteiger partial charge in [-0.3, -0.25) is 0 Å². The third kappa shape index (κ3) is 3.19. The van der Waals surface area contributed by atoms with E-state index in [4.69, 9.17) is 5.73 Å². The Balaban J connectivity index is 2.47. The van der Waals surface area contributed by atoms with Crippen LogP contribution in [0, 0.1) is 13.8 Å². The van der Waals surface area contributed by atoms with Crippen LogP contribution in [-0.2, 0) is 0 Å². The molecular weight excluding hydrogens is 314 g/mol. The van der Waals surface area contributed by atoms with E-state index in [1.807, 2.05) is 12.3 Å². The van der Waals surface area contributed by atoms with E-state index in [-0.39, 0.29) is 0 Å². The second kappa shape index (κ2) is 6.86. The smallest absolute Gasteiger partial charge is 0.147 e. The standard InChI is InChI=1S/C16H20BrN3/c1-12-6-3-4-7-14(12)20(11-5-9-18)16-15(17)13(2)8-10-19-16/h3-4,6-8,10H,5,9,11,18H2,1-2H3. The van der Waals surface area contributed by atoms with Crippen molar-refractivity contribution in [3.8, 4) is 0 Å². The molecule has 0 amide bonds. The quantitative estimate of drug-likeness (QED) is 0.900. The maximum absolute atomic E-state index is 5.68. The Morgan fingerprint density at radius 1 is 1.15 bits per heavy atom. The van der Waals surface area contributed by atoms with E-state index >= 15 is 0 Å². The first kappa shape index (κ1) is 15.0. The Morgan fingerprint density at radius 2 is 1.90 bits per heavy atom. The molecule has 0 aliphatic carbocycles. The summed E-state index contributed by atoms with van der Waals surface area (Å²) in [5, 5.41) is 0. The summed E-state index contributed by atoms with van der Waals surface area (Å²) < 4.78 is 1.04. The van der Waals surface area contributed by atoms with Crippen LogP contribution in [0.25, 0.3) is 0 Å². The summed E-state index contributed by atoms with van der Waals surface area (Å²) >= 11 is 3.66. The Morgan fingerprint density at radius 3 is 2.60 bits per heavy atom. The Kier molecular flexibility index (Phi) is 5.15. The number of halogens is 1. The van der Waals surface area contributed by atoms with E-state index in [1.165, 1.54) is 16.8 Å². The molecule has 0 aliphatic heterocycles. The van der Waals surface area contributed by atoms with Crippen molar-refractivity contribution >= 4 is 27.4 Å². The van der Waals surface area contributed by atoms with Gasteiger partial charge in [-0.25, -0.2) is 4.98 Å².